The number of para-hydroxylation sites is 1. The molecule has 0 heterocycles. The molecule has 1 aliphatic carbocycles. The maximum atomic E-state index is 12.0. The molecule has 2 amide bonds. The van der Waals surface area contributed by atoms with E-state index in [0.717, 1.165) is 37.0 Å². The molecule has 0 radical (unpaired) electrons. The molecule has 0 atom stereocenters. The van der Waals surface area contributed by atoms with E-state index >= 15 is 0 Å². The summed E-state index contributed by atoms with van der Waals surface area (Å²) in [6.07, 6.45) is 7.08. The number of urea groups is 1. The molecular weight excluding hydrogens is 430 g/mol. The summed E-state index contributed by atoms with van der Waals surface area (Å²) in [4.78, 5) is 12.0. The Balaban J connectivity index is 1.51. The van der Waals surface area contributed by atoms with E-state index in [9.17, 15) is 4.79 Å². The first kappa shape index (κ1) is 23.7. The van der Waals surface area contributed by atoms with Crippen LogP contribution < -0.4 is 25.0 Å². The SMILES string of the molecule is COc1cc(C=NNC(=O)NC2CCCCC2)cc(Cl)c1OCCOc1ccccc1C. The van der Waals surface area contributed by atoms with Gasteiger partial charge in [0.1, 0.15) is 19.0 Å². The van der Waals surface area contributed by atoms with Gasteiger partial charge in [0, 0.05) is 6.04 Å². The molecule has 32 heavy (non-hydrogen) atoms. The summed E-state index contributed by atoms with van der Waals surface area (Å²) in [6.45, 7) is 2.67. The van der Waals surface area contributed by atoms with Crippen molar-refractivity contribution in [2.24, 2.45) is 5.10 Å². The smallest absolute Gasteiger partial charge is 0.335 e. The number of aryl methyl sites for hydroxylation is 1. The predicted octanol–water partition coefficient (Wildman–Crippen LogP) is 5.08. The van der Waals surface area contributed by atoms with Crippen LogP contribution in [0.1, 0.15) is 43.2 Å². The van der Waals surface area contributed by atoms with Crippen molar-refractivity contribution in [1.82, 2.24) is 10.7 Å². The second kappa shape index (κ2) is 12.2. The average molecular weight is 460 g/mol. The van der Waals surface area contributed by atoms with Crippen molar-refractivity contribution < 1.29 is 19.0 Å². The molecule has 0 spiro atoms. The Kier molecular flexibility index (Phi) is 9.04. The number of hydrogen-bond donors (Lipinski definition) is 2. The third kappa shape index (κ3) is 7.05. The third-order valence-corrected chi connectivity index (χ3v) is 5.53. The maximum absolute atomic E-state index is 12.0. The first-order valence-electron chi connectivity index (χ1n) is 10.8. The van der Waals surface area contributed by atoms with E-state index in [1.54, 1.807) is 19.2 Å². The van der Waals surface area contributed by atoms with Crippen LogP contribution in [0.2, 0.25) is 5.02 Å². The number of amides is 2. The van der Waals surface area contributed by atoms with Crippen molar-refractivity contribution >= 4 is 23.8 Å². The number of hydrazone groups is 1. The van der Waals surface area contributed by atoms with Crippen LogP contribution in [0.3, 0.4) is 0 Å². The van der Waals surface area contributed by atoms with E-state index in [1.807, 2.05) is 31.2 Å². The third-order valence-electron chi connectivity index (χ3n) is 5.25. The van der Waals surface area contributed by atoms with Gasteiger partial charge in [-0.3, -0.25) is 0 Å². The molecule has 2 aromatic carbocycles. The first-order chi connectivity index (χ1) is 15.6. The van der Waals surface area contributed by atoms with Crippen molar-refractivity contribution in [3.8, 4) is 17.2 Å². The van der Waals surface area contributed by atoms with Crippen LogP contribution in [0.25, 0.3) is 0 Å². The molecule has 0 unspecified atom stereocenters. The predicted molar refractivity (Wildman–Crippen MR) is 126 cm³/mol. The summed E-state index contributed by atoms with van der Waals surface area (Å²) >= 11 is 6.40. The quantitative estimate of drug-likeness (QED) is 0.311. The zero-order valence-electron chi connectivity index (χ0n) is 18.5. The average Bonchev–Trinajstić information content (AvgIpc) is 2.79. The summed E-state index contributed by atoms with van der Waals surface area (Å²) in [5, 5.41) is 7.34. The van der Waals surface area contributed by atoms with Crippen LogP contribution in [0, 0.1) is 6.92 Å². The molecule has 0 aliphatic heterocycles. The second-order valence-electron chi connectivity index (χ2n) is 7.67. The lowest BCUT2D eigenvalue weighted by Crippen LogP contribution is -2.41. The number of methoxy groups -OCH3 is 1. The van der Waals surface area contributed by atoms with Gasteiger partial charge in [0.05, 0.1) is 18.3 Å². The highest BCUT2D eigenvalue weighted by Crippen LogP contribution is 2.36. The number of halogens is 1. The minimum absolute atomic E-state index is 0.222. The van der Waals surface area contributed by atoms with Gasteiger partial charge in [-0.1, -0.05) is 49.1 Å². The zero-order chi connectivity index (χ0) is 22.8. The van der Waals surface area contributed by atoms with Gasteiger partial charge in [0.15, 0.2) is 11.5 Å². The highest BCUT2D eigenvalue weighted by molar-refractivity contribution is 6.32. The Bertz CT molecular complexity index is 929. The molecule has 0 aromatic heterocycles. The highest BCUT2D eigenvalue weighted by atomic mass is 35.5. The van der Waals surface area contributed by atoms with Crippen LogP contribution in [0.4, 0.5) is 4.79 Å². The van der Waals surface area contributed by atoms with E-state index in [2.05, 4.69) is 15.8 Å². The first-order valence-corrected chi connectivity index (χ1v) is 11.2. The Morgan fingerprint density at radius 2 is 1.88 bits per heavy atom. The van der Waals surface area contributed by atoms with Gasteiger partial charge >= 0.3 is 6.03 Å². The molecule has 0 bridgehead atoms. The maximum Gasteiger partial charge on any atom is 0.335 e. The van der Waals surface area contributed by atoms with Crippen LogP contribution in [0.15, 0.2) is 41.5 Å². The van der Waals surface area contributed by atoms with Gasteiger partial charge in [-0.05, 0) is 49.1 Å². The number of benzene rings is 2. The lowest BCUT2D eigenvalue weighted by molar-refractivity contribution is 0.210. The molecule has 0 saturated heterocycles. The van der Waals surface area contributed by atoms with Gasteiger partial charge in [0.2, 0.25) is 0 Å². The lowest BCUT2D eigenvalue weighted by Gasteiger charge is -2.22. The van der Waals surface area contributed by atoms with Crippen molar-refractivity contribution in [3.05, 3.63) is 52.5 Å². The number of nitrogens with one attached hydrogen (secondary N) is 2. The lowest BCUT2D eigenvalue weighted by atomic mass is 9.96. The normalized spacial score (nSPS) is 14.2. The summed E-state index contributed by atoms with van der Waals surface area (Å²) in [5.74, 6) is 1.73. The van der Waals surface area contributed by atoms with E-state index < -0.39 is 0 Å². The monoisotopic (exact) mass is 459 g/mol. The molecule has 1 aliphatic rings. The minimum atomic E-state index is -0.306. The van der Waals surface area contributed by atoms with Crippen molar-refractivity contribution in [1.29, 1.82) is 0 Å². The Morgan fingerprint density at radius 3 is 2.62 bits per heavy atom. The number of hydrogen-bond acceptors (Lipinski definition) is 5. The molecular formula is C24H30ClN3O4. The molecule has 2 aromatic rings. The molecule has 7 nitrogen and oxygen atoms in total. The molecule has 1 fully saturated rings. The Hall–Kier alpha value is -2.93. The largest absolute Gasteiger partial charge is 0.493 e. The van der Waals surface area contributed by atoms with Crippen LogP contribution >= 0.6 is 11.6 Å². The number of rotatable bonds is 9. The fraction of sp³-hybridized carbons (Fsp3) is 0.417. The number of ether oxygens (including phenoxy) is 3. The standard InChI is InChI=1S/C24H30ClN3O4/c1-17-8-6-7-11-21(17)31-12-13-32-23-20(25)14-18(15-22(23)30-2)16-26-28-24(29)27-19-9-4-3-5-10-19/h6-8,11,14-16,19H,3-5,9-10,12-13H2,1-2H3,(H2,27,28,29). The van der Waals surface area contributed by atoms with E-state index in [4.69, 9.17) is 25.8 Å². The topological polar surface area (TPSA) is 81.2 Å². The van der Waals surface area contributed by atoms with Crippen molar-refractivity contribution in [2.45, 2.75) is 45.1 Å². The molecule has 8 heteroatoms. The fourth-order valence-electron chi connectivity index (χ4n) is 3.60. The van der Waals surface area contributed by atoms with Crippen LogP contribution in [0.5, 0.6) is 17.2 Å². The zero-order valence-corrected chi connectivity index (χ0v) is 19.3. The molecule has 2 N–H and O–H groups in total. The van der Waals surface area contributed by atoms with Gasteiger partial charge in [0.25, 0.3) is 0 Å². The summed E-state index contributed by atoms with van der Waals surface area (Å²) < 4.78 is 17.0. The van der Waals surface area contributed by atoms with Gasteiger partial charge in [-0.25, -0.2) is 10.2 Å². The minimum Gasteiger partial charge on any atom is -0.493 e. The van der Waals surface area contributed by atoms with Crippen LogP contribution in [-0.2, 0) is 0 Å². The van der Waals surface area contributed by atoms with Gasteiger partial charge in [-0.15, -0.1) is 0 Å². The van der Waals surface area contributed by atoms with E-state index in [0.29, 0.717) is 35.3 Å². The fourth-order valence-corrected chi connectivity index (χ4v) is 3.87. The number of nitrogens with zero attached hydrogens (tertiary/aromatic N) is 1. The molecule has 1 saturated carbocycles. The molecule has 172 valence electrons. The Morgan fingerprint density at radius 1 is 1.12 bits per heavy atom. The second-order valence-corrected chi connectivity index (χ2v) is 8.08. The highest BCUT2D eigenvalue weighted by Gasteiger charge is 2.15. The summed E-state index contributed by atoms with van der Waals surface area (Å²) in [6, 6.07) is 11.2. The van der Waals surface area contributed by atoms with E-state index in [1.165, 1.54) is 12.6 Å². The summed E-state index contributed by atoms with van der Waals surface area (Å²) in [5.41, 5.74) is 4.24. The van der Waals surface area contributed by atoms with Crippen molar-refractivity contribution in [2.75, 3.05) is 20.3 Å². The number of carbonyl (C=O) groups is 1. The van der Waals surface area contributed by atoms with E-state index in [-0.39, 0.29) is 12.1 Å². The van der Waals surface area contributed by atoms with Crippen molar-refractivity contribution in [3.63, 3.8) is 0 Å². The van der Waals surface area contributed by atoms with Gasteiger partial charge in [-0.2, -0.15) is 5.10 Å². The van der Waals surface area contributed by atoms with Gasteiger partial charge < -0.3 is 19.5 Å². The number of carbonyl (C=O) groups excluding carboxylic acids is 1. The summed E-state index contributed by atoms with van der Waals surface area (Å²) in [7, 11) is 1.54. The Labute approximate surface area is 194 Å². The van der Waals surface area contributed by atoms with Crippen LogP contribution in [-0.4, -0.2) is 38.6 Å². The molecule has 3 rings (SSSR count).